The number of ether oxygens (including phenoxy) is 3. The van der Waals surface area contributed by atoms with Crippen molar-refractivity contribution >= 4 is 11.6 Å². The number of rotatable bonds is 8. The van der Waals surface area contributed by atoms with Crippen LogP contribution in [0.3, 0.4) is 0 Å². The first kappa shape index (κ1) is 20.1. The van der Waals surface area contributed by atoms with Crippen LogP contribution in [-0.4, -0.2) is 25.2 Å². The average Bonchev–Trinajstić information content (AvgIpc) is 2.64. The maximum absolute atomic E-state index is 12.7. The predicted molar refractivity (Wildman–Crippen MR) is 104 cm³/mol. The molecule has 27 heavy (non-hydrogen) atoms. The van der Waals surface area contributed by atoms with Crippen molar-refractivity contribution < 1.29 is 19.0 Å². The van der Waals surface area contributed by atoms with E-state index >= 15 is 0 Å². The Morgan fingerprint density at radius 1 is 1.04 bits per heavy atom. The number of anilines is 1. The molecule has 0 aliphatic rings. The van der Waals surface area contributed by atoms with E-state index < -0.39 is 0 Å². The smallest absolute Gasteiger partial charge is 0.255 e. The molecule has 6 nitrogen and oxygen atoms in total. The minimum absolute atomic E-state index is 0.0661. The van der Waals surface area contributed by atoms with Gasteiger partial charge in [0.15, 0.2) is 11.5 Å². The Balaban J connectivity index is 2.31. The minimum Gasteiger partial charge on any atom is -0.490 e. The Morgan fingerprint density at radius 2 is 1.70 bits per heavy atom. The van der Waals surface area contributed by atoms with Gasteiger partial charge in [-0.05, 0) is 64.1 Å². The van der Waals surface area contributed by atoms with Crippen molar-refractivity contribution in [3.05, 3.63) is 47.5 Å². The number of carbonyl (C=O) groups is 1. The molecule has 6 heteroatoms. The van der Waals surface area contributed by atoms with E-state index in [1.807, 2.05) is 27.7 Å². The van der Waals surface area contributed by atoms with Crippen molar-refractivity contribution in [3.63, 3.8) is 0 Å². The Bertz CT molecular complexity index is 841. The first-order chi connectivity index (χ1) is 13.0. The highest BCUT2D eigenvalue weighted by molar-refractivity contribution is 6.05. The SMILES string of the molecule is CCOc1ccc(C(=O)Nc2cc(C#N)ccc2OC(C)C)cc1OCC. The fourth-order valence-electron chi connectivity index (χ4n) is 2.44. The molecule has 2 rings (SSSR count). The maximum Gasteiger partial charge on any atom is 0.255 e. The van der Waals surface area contributed by atoms with E-state index in [4.69, 9.17) is 19.5 Å². The van der Waals surface area contributed by atoms with E-state index in [9.17, 15) is 4.79 Å². The molecular formula is C21H24N2O4. The molecule has 2 aromatic rings. The first-order valence-electron chi connectivity index (χ1n) is 8.90. The van der Waals surface area contributed by atoms with Crippen molar-refractivity contribution in [2.45, 2.75) is 33.8 Å². The summed E-state index contributed by atoms with van der Waals surface area (Å²) in [6, 6.07) is 12.0. The standard InChI is InChI=1S/C21H24N2O4/c1-5-25-19-10-8-16(12-20(19)26-6-2)21(24)23-17-11-15(13-22)7-9-18(17)27-14(3)4/h7-12,14H,5-6H2,1-4H3,(H,23,24). The van der Waals surface area contributed by atoms with Crippen molar-refractivity contribution in [3.8, 4) is 23.3 Å². The lowest BCUT2D eigenvalue weighted by molar-refractivity contribution is 0.102. The highest BCUT2D eigenvalue weighted by Gasteiger charge is 2.15. The number of benzene rings is 2. The maximum atomic E-state index is 12.7. The van der Waals surface area contributed by atoms with Gasteiger partial charge in [-0.2, -0.15) is 5.26 Å². The Labute approximate surface area is 159 Å². The molecule has 0 aliphatic heterocycles. The molecule has 0 radical (unpaired) electrons. The van der Waals surface area contributed by atoms with Gasteiger partial charge >= 0.3 is 0 Å². The molecule has 0 atom stereocenters. The van der Waals surface area contributed by atoms with Gasteiger partial charge in [0, 0.05) is 5.56 Å². The van der Waals surface area contributed by atoms with Crippen molar-refractivity contribution in [1.29, 1.82) is 5.26 Å². The largest absolute Gasteiger partial charge is 0.490 e. The molecule has 0 aliphatic carbocycles. The molecule has 1 N–H and O–H groups in total. The van der Waals surface area contributed by atoms with Gasteiger partial charge in [0.2, 0.25) is 0 Å². The quantitative estimate of drug-likeness (QED) is 0.747. The van der Waals surface area contributed by atoms with Crippen LogP contribution in [-0.2, 0) is 0 Å². The molecule has 2 aromatic carbocycles. The van der Waals surface area contributed by atoms with Gasteiger partial charge < -0.3 is 19.5 Å². The van der Waals surface area contributed by atoms with Gasteiger partial charge in [-0.1, -0.05) is 0 Å². The fourth-order valence-corrected chi connectivity index (χ4v) is 2.44. The van der Waals surface area contributed by atoms with Crippen molar-refractivity contribution in [2.24, 2.45) is 0 Å². The van der Waals surface area contributed by atoms with Gasteiger partial charge in [0.25, 0.3) is 5.91 Å². The van der Waals surface area contributed by atoms with E-state index in [1.165, 1.54) is 0 Å². The third-order valence-corrected chi connectivity index (χ3v) is 3.53. The lowest BCUT2D eigenvalue weighted by Crippen LogP contribution is -2.15. The zero-order valence-corrected chi connectivity index (χ0v) is 16.0. The second-order valence-electron chi connectivity index (χ2n) is 5.97. The Morgan fingerprint density at radius 3 is 2.33 bits per heavy atom. The molecule has 0 aromatic heterocycles. The molecule has 0 unspecified atom stereocenters. The highest BCUT2D eigenvalue weighted by Crippen LogP contribution is 2.30. The number of nitriles is 1. The van der Waals surface area contributed by atoms with Gasteiger partial charge in [0.1, 0.15) is 5.75 Å². The summed E-state index contributed by atoms with van der Waals surface area (Å²) in [5, 5.41) is 11.9. The minimum atomic E-state index is -0.331. The summed E-state index contributed by atoms with van der Waals surface area (Å²) in [7, 11) is 0. The molecule has 0 heterocycles. The summed E-state index contributed by atoms with van der Waals surface area (Å²) in [6.07, 6.45) is -0.0661. The number of amides is 1. The van der Waals surface area contributed by atoms with Crippen LogP contribution in [0.1, 0.15) is 43.6 Å². The van der Waals surface area contributed by atoms with Crippen LogP contribution >= 0.6 is 0 Å². The van der Waals surface area contributed by atoms with Gasteiger partial charge in [-0.25, -0.2) is 0 Å². The summed E-state index contributed by atoms with van der Waals surface area (Å²) in [4.78, 5) is 12.7. The Kier molecular flexibility index (Phi) is 7.07. The van der Waals surface area contributed by atoms with Crippen molar-refractivity contribution in [1.82, 2.24) is 0 Å². The molecule has 0 saturated carbocycles. The Hall–Kier alpha value is -3.20. The highest BCUT2D eigenvalue weighted by atomic mass is 16.5. The summed E-state index contributed by atoms with van der Waals surface area (Å²) in [6.45, 7) is 8.50. The molecular weight excluding hydrogens is 344 g/mol. The van der Waals surface area contributed by atoms with Gasteiger partial charge in [-0.15, -0.1) is 0 Å². The van der Waals surface area contributed by atoms with Gasteiger partial charge in [0.05, 0.1) is 36.6 Å². The molecule has 0 saturated heterocycles. The van der Waals surface area contributed by atoms with Crippen LogP contribution in [0.4, 0.5) is 5.69 Å². The molecule has 0 fully saturated rings. The molecule has 1 amide bonds. The van der Waals surface area contributed by atoms with Crippen LogP contribution in [0.15, 0.2) is 36.4 Å². The van der Waals surface area contributed by atoms with Crippen LogP contribution in [0, 0.1) is 11.3 Å². The lowest BCUT2D eigenvalue weighted by Gasteiger charge is -2.16. The molecule has 0 spiro atoms. The number of nitrogens with one attached hydrogen (secondary N) is 1. The average molecular weight is 368 g/mol. The van der Waals surface area contributed by atoms with Crippen LogP contribution in [0.5, 0.6) is 17.2 Å². The summed E-state index contributed by atoms with van der Waals surface area (Å²) >= 11 is 0. The monoisotopic (exact) mass is 368 g/mol. The number of hydrogen-bond acceptors (Lipinski definition) is 5. The second kappa shape index (κ2) is 9.48. The van der Waals surface area contributed by atoms with Crippen LogP contribution < -0.4 is 19.5 Å². The summed E-state index contributed by atoms with van der Waals surface area (Å²) in [5.74, 6) is 1.28. The van der Waals surface area contributed by atoms with E-state index in [1.54, 1.807) is 36.4 Å². The third-order valence-electron chi connectivity index (χ3n) is 3.53. The van der Waals surface area contributed by atoms with E-state index in [-0.39, 0.29) is 12.0 Å². The number of hydrogen-bond donors (Lipinski definition) is 1. The van der Waals surface area contributed by atoms with E-state index in [0.717, 1.165) is 0 Å². The zero-order valence-electron chi connectivity index (χ0n) is 16.0. The van der Waals surface area contributed by atoms with Gasteiger partial charge in [-0.3, -0.25) is 4.79 Å². The lowest BCUT2D eigenvalue weighted by atomic mass is 10.1. The second-order valence-corrected chi connectivity index (χ2v) is 5.97. The van der Waals surface area contributed by atoms with Crippen LogP contribution in [0.2, 0.25) is 0 Å². The molecule has 0 bridgehead atoms. The molecule has 142 valence electrons. The number of carbonyl (C=O) groups excluding carboxylic acids is 1. The van der Waals surface area contributed by atoms with Crippen LogP contribution in [0.25, 0.3) is 0 Å². The third kappa shape index (κ3) is 5.38. The van der Waals surface area contributed by atoms with Crippen molar-refractivity contribution in [2.75, 3.05) is 18.5 Å². The fraction of sp³-hybridized carbons (Fsp3) is 0.333. The number of nitrogens with zero attached hydrogens (tertiary/aromatic N) is 1. The van der Waals surface area contributed by atoms with E-state index in [0.29, 0.717) is 47.3 Å². The van der Waals surface area contributed by atoms with E-state index in [2.05, 4.69) is 11.4 Å². The summed E-state index contributed by atoms with van der Waals surface area (Å²) in [5.41, 5.74) is 1.29. The topological polar surface area (TPSA) is 80.6 Å². The normalized spacial score (nSPS) is 10.2. The summed E-state index contributed by atoms with van der Waals surface area (Å²) < 4.78 is 16.8. The zero-order chi connectivity index (χ0) is 19.8. The predicted octanol–water partition coefficient (Wildman–Crippen LogP) is 4.40. The first-order valence-corrected chi connectivity index (χ1v) is 8.90.